The fourth-order valence-corrected chi connectivity index (χ4v) is 2.59. The van der Waals surface area contributed by atoms with E-state index in [0.29, 0.717) is 11.0 Å². The van der Waals surface area contributed by atoms with Crippen LogP contribution in [0.3, 0.4) is 0 Å². The lowest BCUT2D eigenvalue weighted by atomic mass is 10.1. The van der Waals surface area contributed by atoms with E-state index in [2.05, 4.69) is 0 Å². The number of benzene rings is 2. The Morgan fingerprint density at radius 2 is 1.61 bits per heavy atom. The van der Waals surface area contributed by atoms with Gasteiger partial charge in [0, 0.05) is 5.69 Å². The van der Waals surface area contributed by atoms with E-state index in [1.54, 1.807) is 0 Å². The summed E-state index contributed by atoms with van der Waals surface area (Å²) in [5.74, 6) is -1.44. The number of hydrogen-bond donors (Lipinski definition) is 1. The molecule has 4 nitrogen and oxygen atoms in total. The van der Waals surface area contributed by atoms with E-state index in [1.165, 1.54) is 24.3 Å². The second kappa shape index (κ2) is 4.99. The molecule has 0 unspecified atom stereocenters. The van der Waals surface area contributed by atoms with Crippen molar-refractivity contribution in [2.75, 3.05) is 10.6 Å². The van der Waals surface area contributed by atoms with Crippen LogP contribution in [-0.4, -0.2) is 11.8 Å². The van der Waals surface area contributed by atoms with Crippen molar-refractivity contribution in [2.45, 2.75) is 6.18 Å². The van der Waals surface area contributed by atoms with E-state index in [-0.39, 0.29) is 22.5 Å². The number of carbonyl (C=O) groups excluding carboxylic acids is 2. The van der Waals surface area contributed by atoms with Crippen LogP contribution in [0.2, 0.25) is 5.02 Å². The molecule has 0 saturated carbocycles. The molecule has 1 heterocycles. The van der Waals surface area contributed by atoms with Crippen molar-refractivity contribution in [3.63, 3.8) is 0 Å². The predicted octanol–water partition coefficient (Wildman–Crippen LogP) is 3.74. The van der Waals surface area contributed by atoms with E-state index in [0.717, 1.165) is 6.07 Å². The summed E-state index contributed by atoms with van der Waals surface area (Å²) >= 11 is 5.55. The molecule has 1 aliphatic rings. The fraction of sp³-hybridized carbons (Fsp3) is 0.0667. The van der Waals surface area contributed by atoms with Crippen LogP contribution in [0.1, 0.15) is 26.3 Å². The molecule has 2 aromatic carbocycles. The van der Waals surface area contributed by atoms with Gasteiger partial charge in [-0.25, -0.2) is 4.90 Å². The zero-order valence-electron chi connectivity index (χ0n) is 11.3. The number of nitrogens with two attached hydrogens (primary N) is 1. The number of rotatable bonds is 1. The minimum Gasteiger partial charge on any atom is -0.399 e. The van der Waals surface area contributed by atoms with Gasteiger partial charge < -0.3 is 5.73 Å². The minimum absolute atomic E-state index is 0.0542. The van der Waals surface area contributed by atoms with Crippen LogP contribution in [0.5, 0.6) is 0 Å². The van der Waals surface area contributed by atoms with Crippen LogP contribution in [0, 0.1) is 0 Å². The lowest BCUT2D eigenvalue weighted by Gasteiger charge is -2.17. The number of amides is 2. The third kappa shape index (κ3) is 2.43. The Labute approximate surface area is 133 Å². The molecule has 118 valence electrons. The zero-order chi connectivity index (χ0) is 16.9. The monoisotopic (exact) mass is 340 g/mol. The summed E-state index contributed by atoms with van der Waals surface area (Å²) in [7, 11) is 0. The van der Waals surface area contributed by atoms with E-state index in [9.17, 15) is 22.8 Å². The maximum atomic E-state index is 12.9. The highest BCUT2D eigenvalue weighted by Crippen LogP contribution is 2.38. The van der Waals surface area contributed by atoms with Gasteiger partial charge in [0.2, 0.25) is 0 Å². The Morgan fingerprint density at radius 1 is 0.957 bits per heavy atom. The molecule has 1 aliphatic heterocycles. The highest BCUT2D eigenvalue weighted by Gasteiger charge is 2.39. The van der Waals surface area contributed by atoms with Crippen molar-refractivity contribution in [1.29, 1.82) is 0 Å². The van der Waals surface area contributed by atoms with Crippen LogP contribution < -0.4 is 10.6 Å². The maximum absolute atomic E-state index is 12.9. The van der Waals surface area contributed by atoms with Gasteiger partial charge in [-0.1, -0.05) is 11.6 Å². The van der Waals surface area contributed by atoms with Gasteiger partial charge in [-0.15, -0.1) is 0 Å². The average molecular weight is 341 g/mol. The molecule has 23 heavy (non-hydrogen) atoms. The van der Waals surface area contributed by atoms with Gasteiger partial charge in [0.15, 0.2) is 0 Å². The average Bonchev–Trinajstić information content (AvgIpc) is 2.70. The van der Waals surface area contributed by atoms with E-state index >= 15 is 0 Å². The largest absolute Gasteiger partial charge is 0.417 e. The van der Waals surface area contributed by atoms with Gasteiger partial charge in [-0.3, -0.25) is 9.59 Å². The Morgan fingerprint density at radius 3 is 2.26 bits per heavy atom. The van der Waals surface area contributed by atoms with Gasteiger partial charge in [0.05, 0.1) is 27.4 Å². The molecule has 3 rings (SSSR count). The maximum Gasteiger partial charge on any atom is 0.417 e. The number of anilines is 2. The van der Waals surface area contributed by atoms with Crippen molar-refractivity contribution in [3.05, 3.63) is 58.1 Å². The molecule has 0 spiro atoms. The number of nitrogen functional groups attached to an aromatic ring is 1. The van der Waals surface area contributed by atoms with E-state index in [1.807, 2.05) is 0 Å². The summed E-state index contributed by atoms with van der Waals surface area (Å²) < 4.78 is 38.8. The SMILES string of the molecule is Nc1ccc2c(c1)C(=O)N(c1ccc(Cl)c(C(F)(F)F)c1)C2=O. The molecule has 2 N–H and O–H groups in total. The smallest absolute Gasteiger partial charge is 0.399 e. The molecule has 0 aliphatic carbocycles. The fourth-order valence-electron chi connectivity index (χ4n) is 2.36. The Hall–Kier alpha value is -2.54. The minimum atomic E-state index is -4.70. The number of nitrogens with zero attached hydrogens (tertiary/aromatic N) is 1. The number of hydrogen-bond acceptors (Lipinski definition) is 3. The third-order valence-electron chi connectivity index (χ3n) is 3.42. The van der Waals surface area contributed by atoms with Gasteiger partial charge in [0.1, 0.15) is 0 Å². The van der Waals surface area contributed by atoms with Crippen LogP contribution >= 0.6 is 11.6 Å². The van der Waals surface area contributed by atoms with E-state index < -0.39 is 28.6 Å². The molecule has 2 amide bonds. The summed E-state index contributed by atoms with van der Waals surface area (Å²) in [4.78, 5) is 25.3. The second-order valence-electron chi connectivity index (χ2n) is 4.91. The van der Waals surface area contributed by atoms with Crippen molar-refractivity contribution >= 4 is 34.8 Å². The van der Waals surface area contributed by atoms with Crippen molar-refractivity contribution < 1.29 is 22.8 Å². The van der Waals surface area contributed by atoms with Crippen molar-refractivity contribution in [2.24, 2.45) is 0 Å². The first-order valence-corrected chi connectivity index (χ1v) is 6.73. The number of halogens is 4. The quantitative estimate of drug-likeness (QED) is 0.635. The summed E-state index contributed by atoms with van der Waals surface area (Å²) in [5.41, 5.74) is 4.68. The summed E-state index contributed by atoms with van der Waals surface area (Å²) in [5, 5.41) is -0.512. The molecule has 0 fully saturated rings. The van der Waals surface area contributed by atoms with Crippen molar-refractivity contribution in [1.82, 2.24) is 0 Å². The number of imide groups is 1. The molecule has 2 aromatic rings. The summed E-state index contributed by atoms with van der Waals surface area (Å²) in [6.07, 6.45) is -4.70. The van der Waals surface area contributed by atoms with Crippen LogP contribution in [0.25, 0.3) is 0 Å². The van der Waals surface area contributed by atoms with E-state index in [4.69, 9.17) is 17.3 Å². The number of fused-ring (bicyclic) bond motifs is 1. The Balaban J connectivity index is 2.11. The van der Waals surface area contributed by atoms with Gasteiger partial charge in [-0.05, 0) is 36.4 Å². The molecular formula is C15H8ClF3N2O2. The lowest BCUT2D eigenvalue weighted by Crippen LogP contribution is -2.29. The third-order valence-corrected chi connectivity index (χ3v) is 3.75. The summed E-state index contributed by atoms with van der Waals surface area (Å²) in [6.45, 7) is 0. The second-order valence-corrected chi connectivity index (χ2v) is 5.32. The predicted molar refractivity (Wildman–Crippen MR) is 78.4 cm³/mol. The van der Waals surface area contributed by atoms with Crippen LogP contribution in [0.15, 0.2) is 36.4 Å². The van der Waals surface area contributed by atoms with Gasteiger partial charge in [-0.2, -0.15) is 13.2 Å². The first-order chi connectivity index (χ1) is 10.7. The van der Waals surface area contributed by atoms with Gasteiger partial charge >= 0.3 is 6.18 Å². The number of carbonyl (C=O) groups is 2. The van der Waals surface area contributed by atoms with Crippen LogP contribution in [-0.2, 0) is 6.18 Å². The highest BCUT2D eigenvalue weighted by molar-refractivity contribution is 6.35. The van der Waals surface area contributed by atoms with Gasteiger partial charge in [0.25, 0.3) is 11.8 Å². The number of alkyl halides is 3. The summed E-state index contributed by atoms with van der Waals surface area (Å²) in [6, 6.07) is 6.98. The molecule has 0 radical (unpaired) electrons. The first-order valence-electron chi connectivity index (χ1n) is 6.35. The standard InChI is InChI=1S/C15H8ClF3N2O2/c16-12-4-2-8(6-11(12)15(17,18)19)21-13(22)9-3-1-7(20)5-10(9)14(21)23/h1-6H,20H2. The zero-order valence-corrected chi connectivity index (χ0v) is 12.1. The molecule has 0 atom stereocenters. The highest BCUT2D eigenvalue weighted by atomic mass is 35.5. The lowest BCUT2D eigenvalue weighted by molar-refractivity contribution is -0.137. The molecule has 0 saturated heterocycles. The first kappa shape index (κ1) is 15.4. The topological polar surface area (TPSA) is 63.4 Å². The molecule has 0 bridgehead atoms. The molecular weight excluding hydrogens is 333 g/mol. The normalized spacial score (nSPS) is 14.3. The molecule has 8 heteroatoms. The van der Waals surface area contributed by atoms with Crippen molar-refractivity contribution in [3.8, 4) is 0 Å². The Bertz CT molecular complexity index is 849. The Kier molecular flexibility index (Phi) is 3.33. The molecule has 0 aromatic heterocycles. The van der Waals surface area contributed by atoms with Crippen LogP contribution in [0.4, 0.5) is 24.5 Å².